The van der Waals surface area contributed by atoms with E-state index in [1.807, 2.05) is 13.0 Å². The van der Waals surface area contributed by atoms with Crippen LogP contribution in [0.1, 0.15) is 37.6 Å². The summed E-state index contributed by atoms with van der Waals surface area (Å²) in [7, 11) is 0. The summed E-state index contributed by atoms with van der Waals surface area (Å²) in [5.74, 6) is 1.87. The number of nitrogens with zero attached hydrogens (tertiary/aromatic N) is 1. The molecule has 1 aliphatic carbocycles. The molecule has 2 rings (SSSR count). The fourth-order valence-electron chi connectivity index (χ4n) is 1.72. The predicted molar refractivity (Wildman–Crippen MR) is 54.9 cm³/mol. The van der Waals surface area contributed by atoms with Crippen LogP contribution in [-0.4, -0.2) is 11.2 Å². The average molecular weight is 194 g/mol. The number of nitrogens with one attached hydrogen (secondary N) is 1. The lowest BCUT2D eigenvalue weighted by molar-refractivity contribution is 0.384. The van der Waals surface area contributed by atoms with Crippen LogP contribution in [0.25, 0.3) is 0 Å². The summed E-state index contributed by atoms with van der Waals surface area (Å²) in [6.45, 7) is 4.99. The summed E-state index contributed by atoms with van der Waals surface area (Å²) in [6, 6.07) is 2.58. The molecular formula is C11H18N2O. The Hall–Kier alpha value is -0.830. The summed E-state index contributed by atoms with van der Waals surface area (Å²) < 4.78 is 5.00. The summed E-state index contributed by atoms with van der Waals surface area (Å²) >= 11 is 0. The molecule has 3 heteroatoms. The van der Waals surface area contributed by atoms with E-state index < -0.39 is 0 Å². The zero-order chi connectivity index (χ0) is 9.97. The molecule has 1 fully saturated rings. The van der Waals surface area contributed by atoms with Gasteiger partial charge in [-0.05, 0) is 26.2 Å². The van der Waals surface area contributed by atoms with E-state index in [1.165, 1.54) is 19.3 Å². The van der Waals surface area contributed by atoms with Crippen LogP contribution < -0.4 is 5.32 Å². The fraction of sp³-hybridized carbons (Fsp3) is 0.727. The summed E-state index contributed by atoms with van der Waals surface area (Å²) in [6.07, 6.45) is 4.15. The molecular weight excluding hydrogens is 176 g/mol. The van der Waals surface area contributed by atoms with E-state index in [9.17, 15) is 0 Å². The van der Waals surface area contributed by atoms with Crippen molar-refractivity contribution in [3.8, 4) is 0 Å². The van der Waals surface area contributed by atoms with Crippen LogP contribution in [0, 0.1) is 12.8 Å². The first kappa shape index (κ1) is 9.71. The second kappa shape index (κ2) is 4.13. The molecule has 0 spiro atoms. The molecule has 0 saturated heterocycles. The van der Waals surface area contributed by atoms with Gasteiger partial charge in [-0.3, -0.25) is 0 Å². The Morgan fingerprint density at radius 3 is 3.00 bits per heavy atom. The Morgan fingerprint density at radius 1 is 1.64 bits per heavy atom. The molecule has 1 N–H and O–H groups in total. The highest BCUT2D eigenvalue weighted by molar-refractivity contribution is 5.03. The molecule has 1 aliphatic rings. The van der Waals surface area contributed by atoms with Gasteiger partial charge in [0, 0.05) is 18.7 Å². The van der Waals surface area contributed by atoms with E-state index >= 15 is 0 Å². The highest BCUT2D eigenvalue weighted by atomic mass is 16.5. The highest BCUT2D eigenvalue weighted by Crippen LogP contribution is 2.33. The van der Waals surface area contributed by atoms with Gasteiger partial charge in [0.15, 0.2) is 0 Å². The monoisotopic (exact) mass is 194 g/mol. The standard InChI is InChI=1S/C11H18N2O/c1-8(5-10-3-4-10)12-7-11-6-9(2)14-13-11/h6,8,10,12H,3-5,7H2,1-2H3. The molecule has 0 aliphatic heterocycles. The van der Waals surface area contributed by atoms with E-state index in [-0.39, 0.29) is 0 Å². The van der Waals surface area contributed by atoms with Crippen molar-refractivity contribution >= 4 is 0 Å². The molecule has 1 aromatic rings. The molecule has 1 aromatic heterocycles. The third-order valence-corrected chi connectivity index (χ3v) is 2.69. The van der Waals surface area contributed by atoms with Gasteiger partial charge in [-0.2, -0.15) is 0 Å². The molecule has 78 valence electrons. The second-order valence-electron chi connectivity index (χ2n) is 4.39. The number of hydrogen-bond acceptors (Lipinski definition) is 3. The highest BCUT2D eigenvalue weighted by Gasteiger charge is 2.23. The zero-order valence-corrected chi connectivity index (χ0v) is 8.92. The van der Waals surface area contributed by atoms with Crippen molar-refractivity contribution in [2.45, 2.75) is 45.7 Å². The maximum absolute atomic E-state index is 5.00. The van der Waals surface area contributed by atoms with Crippen molar-refractivity contribution in [2.24, 2.45) is 5.92 Å². The van der Waals surface area contributed by atoms with Gasteiger partial charge >= 0.3 is 0 Å². The van der Waals surface area contributed by atoms with Crippen molar-refractivity contribution in [3.63, 3.8) is 0 Å². The average Bonchev–Trinajstić information content (AvgIpc) is 2.85. The summed E-state index contributed by atoms with van der Waals surface area (Å²) in [4.78, 5) is 0. The smallest absolute Gasteiger partial charge is 0.133 e. The largest absolute Gasteiger partial charge is 0.361 e. The molecule has 0 aromatic carbocycles. The van der Waals surface area contributed by atoms with Crippen molar-refractivity contribution in [1.29, 1.82) is 0 Å². The third-order valence-electron chi connectivity index (χ3n) is 2.69. The Bertz CT molecular complexity index is 291. The second-order valence-corrected chi connectivity index (χ2v) is 4.39. The quantitative estimate of drug-likeness (QED) is 0.781. The molecule has 1 heterocycles. The van der Waals surface area contributed by atoms with Gasteiger partial charge in [0.25, 0.3) is 0 Å². The van der Waals surface area contributed by atoms with Gasteiger partial charge in [0.2, 0.25) is 0 Å². The van der Waals surface area contributed by atoms with E-state index in [1.54, 1.807) is 0 Å². The Kier molecular flexibility index (Phi) is 2.87. The molecule has 1 atom stereocenters. The van der Waals surface area contributed by atoms with E-state index in [4.69, 9.17) is 4.52 Å². The number of hydrogen-bond donors (Lipinski definition) is 1. The lowest BCUT2D eigenvalue weighted by Gasteiger charge is -2.11. The van der Waals surface area contributed by atoms with Crippen molar-refractivity contribution in [3.05, 3.63) is 17.5 Å². The summed E-state index contributed by atoms with van der Waals surface area (Å²) in [5.41, 5.74) is 1.00. The van der Waals surface area contributed by atoms with Crippen molar-refractivity contribution < 1.29 is 4.52 Å². The van der Waals surface area contributed by atoms with E-state index in [2.05, 4.69) is 17.4 Å². The third kappa shape index (κ3) is 2.84. The van der Waals surface area contributed by atoms with E-state index in [0.717, 1.165) is 23.9 Å². The minimum atomic E-state index is 0.597. The van der Waals surface area contributed by atoms with Gasteiger partial charge in [-0.25, -0.2) is 0 Å². The Balaban J connectivity index is 1.70. The van der Waals surface area contributed by atoms with Crippen LogP contribution in [0.15, 0.2) is 10.6 Å². The topological polar surface area (TPSA) is 38.1 Å². The minimum absolute atomic E-state index is 0.597. The summed E-state index contributed by atoms with van der Waals surface area (Å²) in [5, 5.41) is 7.41. The molecule has 0 amide bonds. The molecule has 14 heavy (non-hydrogen) atoms. The molecule has 0 bridgehead atoms. The van der Waals surface area contributed by atoms with Gasteiger partial charge in [-0.1, -0.05) is 18.0 Å². The molecule has 1 saturated carbocycles. The molecule has 3 nitrogen and oxygen atoms in total. The normalized spacial score (nSPS) is 18.4. The first-order valence-corrected chi connectivity index (χ1v) is 5.39. The number of aromatic nitrogens is 1. The zero-order valence-electron chi connectivity index (χ0n) is 8.92. The predicted octanol–water partition coefficient (Wildman–Crippen LogP) is 2.26. The van der Waals surface area contributed by atoms with Crippen LogP contribution in [0.3, 0.4) is 0 Å². The Labute approximate surface area is 84.9 Å². The van der Waals surface area contributed by atoms with Gasteiger partial charge in [0.05, 0.1) is 5.69 Å². The number of aryl methyl sites for hydroxylation is 1. The molecule has 0 radical (unpaired) electrons. The van der Waals surface area contributed by atoms with Gasteiger partial charge < -0.3 is 9.84 Å². The van der Waals surface area contributed by atoms with Crippen LogP contribution in [-0.2, 0) is 6.54 Å². The first-order valence-electron chi connectivity index (χ1n) is 5.39. The van der Waals surface area contributed by atoms with E-state index in [0.29, 0.717) is 6.04 Å². The first-order chi connectivity index (χ1) is 6.74. The maximum Gasteiger partial charge on any atom is 0.133 e. The van der Waals surface area contributed by atoms with Crippen molar-refractivity contribution in [2.75, 3.05) is 0 Å². The number of rotatable bonds is 5. The fourth-order valence-corrected chi connectivity index (χ4v) is 1.72. The lowest BCUT2D eigenvalue weighted by atomic mass is 10.1. The van der Waals surface area contributed by atoms with Crippen molar-refractivity contribution in [1.82, 2.24) is 10.5 Å². The van der Waals surface area contributed by atoms with Crippen LogP contribution >= 0.6 is 0 Å². The van der Waals surface area contributed by atoms with Crippen LogP contribution in [0.5, 0.6) is 0 Å². The van der Waals surface area contributed by atoms with Crippen LogP contribution in [0.4, 0.5) is 0 Å². The minimum Gasteiger partial charge on any atom is -0.361 e. The maximum atomic E-state index is 5.00. The SMILES string of the molecule is Cc1cc(CNC(C)CC2CC2)no1. The lowest BCUT2D eigenvalue weighted by Crippen LogP contribution is -2.25. The van der Waals surface area contributed by atoms with Gasteiger partial charge in [0.1, 0.15) is 5.76 Å². The van der Waals surface area contributed by atoms with Gasteiger partial charge in [-0.15, -0.1) is 0 Å². The van der Waals surface area contributed by atoms with Crippen LogP contribution in [0.2, 0.25) is 0 Å². The molecule has 1 unspecified atom stereocenters. The Morgan fingerprint density at radius 2 is 2.43 bits per heavy atom.